The van der Waals surface area contributed by atoms with Crippen LogP contribution >= 0.6 is 23.2 Å². The highest BCUT2D eigenvalue weighted by Gasteiger charge is 2.43. The summed E-state index contributed by atoms with van der Waals surface area (Å²) < 4.78 is 6.35. The lowest BCUT2D eigenvalue weighted by molar-refractivity contribution is -0.133. The van der Waals surface area contributed by atoms with Crippen molar-refractivity contribution in [3.63, 3.8) is 0 Å². The number of halogens is 2. The first-order valence-corrected chi connectivity index (χ1v) is 17.6. The standard InChI is InChI=1S/C40H48Cl2N2O2/c1-7-39(3,4)30-24-31(40(5,6)8-2)26-34(25-30)46-22-10-13-36(45)44-38(28-16-20-33(42)21-17-28)35-12-9-11-29(37(35)43-44)23-27-14-18-32(41)19-15-27/h14-21,23-26,35,38H,7-13,22H2,1-6H3/b29-23+. The van der Waals surface area contributed by atoms with Crippen molar-refractivity contribution >= 4 is 40.9 Å². The molecule has 3 aromatic carbocycles. The second-order valence-corrected chi connectivity index (χ2v) is 15.0. The van der Waals surface area contributed by atoms with Crippen LogP contribution in [0, 0.1) is 5.92 Å². The third-order valence-corrected chi connectivity index (χ3v) is 10.7. The minimum Gasteiger partial charge on any atom is -0.494 e. The number of hydrogen-bond acceptors (Lipinski definition) is 3. The summed E-state index contributed by atoms with van der Waals surface area (Å²) in [7, 11) is 0. The zero-order chi connectivity index (χ0) is 33.1. The van der Waals surface area contributed by atoms with Gasteiger partial charge in [0, 0.05) is 22.4 Å². The maximum atomic E-state index is 13.9. The molecule has 1 aliphatic heterocycles. The van der Waals surface area contributed by atoms with Crippen LogP contribution in [0.3, 0.4) is 0 Å². The van der Waals surface area contributed by atoms with E-state index in [1.807, 2.05) is 48.5 Å². The Hall–Kier alpha value is -3.08. The summed E-state index contributed by atoms with van der Waals surface area (Å²) in [6.45, 7) is 14.1. The van der Waals surface area contributed by atoms with Crippen LogP contribution in [0.1, 0.15) is 115 Å². The minimum absolute atomic E-state index is 0.0185. The van der Waals surface area contributed by atoms with Gasteiger partial charge in [-0.2, -0.15) is 5.10 Å². The fraction of sp³-hybridized carbons (Fsp3) is 0.450. The molecule has 1 fully saturated rings. The van der Waals surface area contributed by atoms with Crippen molar-refractivity contribution in [2.75, 3.05) is 6.61 Å². The van der Waals surface area contributed by atoms with Gasteiger partial charge in [-0.15, -0.1) is 0 Å². The molecule has 0 spiro atoms. The molecular formula is C40H48Cl2N2O2. The van der Waals surface area contributed by atoms with E-state index in [4.69, 9.17) is 33.0 Å². The van der Waals surface area contributed by atoms with Crippen LogP contribution in [0.15, 0.2) is 77.4 Å². The van der Waals surface area contributed by atoms with Gasteiger partial charge in [0.25, 0.3) is 0 Å². The van der Waals surface area contributed by atoms with E-state index >= 15 is 0 Å². The number of allylic oxidation sites excluding steroid dienone is 1. The molecule has 1 saturated carbocycles. The van der Waals surface area contributed by atoms with Crippen molar-refractivity contribution < 1.29 is 9.53 Å². The van der Waals surface area contributed by atoms with Gasteiger partial charge in [0.2, 0.25) is 5.91 Å². The fourth-order valence-corrected chi connectivity index (χ4v) is 6.61. The normalized spacial score (nSPS) is 19.3. The Morgan fingerprint density at radius 3 is 2.09 bits per heavy atom. The first kappa shape index (κ1) is 34.3. The molecule has 0 saturated heterocycles. The molecule has 5 rings (SSSR count). The van der Waals surface area contributed by atoms with Crippen LogP contribution in [0.2, 0.25) is 10.0 Å². The van der Waals surface area contributed by atoms with Gasteiger partial charge in [-0.05, 0) is 120 Å². The van der Waals surface area contributed by atoms with Gasteiger partial charge in [-0.3, -0.25) is 4.79 Å². The second kappa shape index (κ2) is 14.4. The summed E-state index contributed by atoms with van der Waals surface area (Å²) in [5.74, 6) is 1.04. The third-order valence-electron chi connectivity index (χ3n) is 10.2. The topological polar surface area (TPSA) is 41.9 Å². The minimum atomic E-state index is -0.151. The molecule has 2 unspecified atom stereocenters. The smallest absolute Gasteiger partial charge is 0.243 e. The van der Waals surface area contributed by atoms with Crippen LogP contribution in [-0.2, 0) is 15.6 Å². The lowest BCUT2D eigenvalue weighted by atomic mass is 9.76. The Balaban J connectivity index is 1.34. The van der Waals surface area contributed by atoms with E-state index in [1.54, 1.807) is 5.01 Å². The van der Waals surface area contributed by atoms with Crippen LogP contribution < -0.4 is 4.74 Å². The Morgan fingerprint density at radius 1 is 0.913 bits per heavy atom. The van der Waals surface area contributed by atoms with Gasteiger partial charge in [0.1, 0.15) is 5.75 Å². The van der Waals surface area contributed by atoms with E-state index in [0.29, 0.717) is 29.5 Å². The number of carbonyl (C=O) groups is 1. The van der Waals surface area contributed by atoms with Crippen LogP contribution in [0.5, 0.6) is 5.75 Å². The molecule has 0 N–H and O–H groups in total. The van der Waals surface area contributed by atoms with Crippen LogP contribution in [0.4, 0.5) is 0 Å². The Labute approximate surface area is 285 Å². The number of rotatable bonds is 11. The third kappa shape index (κ3) is 7.72. The van der Waals surface area contributed by atoms with Gasteiger partial charge in [0.05, 0.1) is 18.4 Å². The van der Waals surface area contributed by atoms with E-state index in [0.717, 1.165) is 54.7 Å². The van der Waals surface area contributed by atoms with Crippen molar-refractivity contribution in [2.24, 2.45) is 11.0 Å². The van der Waals surface area contributed by atoms with Gasteiger partial charge >= 0.3 is 0 Å². The SMILES string of the molecule is CCC(C)(C)c1cc(OCCCC(=O)N2N=C3/C(=C/c4ccc(Cl)cc4)CCCC3C2c2ccc(Cl)cc2)cc(C(C)(C)CC)c1. The van der Waals surface area contributed by atoms with Gasteiger partial charge in [-0.1, -0.05) is 95.1 Å². The Morgan fingerprint density at radius 2 is 1.50 bits per heavy atom. The molecule has 0 bridgehead atoms. The molecule has 1 amide bonds. The summed E-state index contributed by atoms with van der Waals surface area (Å²) in [5, 5.41) is 8.20. The maximum Gasteiger partial charge on any atom is 0.243 e. The summed E-state index contributed by atoms with van der Waals surface area (Å²) in [6, 6.07) is 22.3. The summed E-state index contributed by atoms with van der Waals surface area (Å²) in [4.78, 5) is 13.9. The second-order valence-electron chi connectivity index (χ2n) is 14.1. The van der Waals surface area contributed by atoms with Gasteiger partial charge in [0.15, 0.2) is 0 Å². The predicted molar refractivity (Wildman–Crippen MR) is 193 cm³/mol. The number of carbonyl (C=O) groups excluding carboxylic acids is 1. The molecule has 1 heterocycles. The number of nitrogens with zero attached hydrogens (tertiary/aromatic N) is 2. The van der Waals surface area contributed by atoms with E-state index in [-0.39, 0.29) is 28.7 Å². The summed E-state index contributed by atoms with van der Waals surface area (Å²) in [6.07, 6.45) is 8.22. The fourth-order valence-electron chi connectivity index (χ4n) is 6.36. The molecule has 3 aromatic rings. The monoisotopic (exact) mass is 658 g/mol. The molecule has 2 atom stereocenters. The van der Waals surface area contributed by atoms with Gasteiger partial charge in [-0.25, -0.2) is 5.01 Å². The largest absolute Gasteiger partial charge is 0.494 e. The highest BCUT2D eigenvalue weighted by atomic mass is 35.5. The molecule has 46 heavy (non-hydrogen) atoms. The lowest BCUT2D eigenvalue weighted by Gasteiger charge is -2.30. The average Bonchev–Trinajstić information content (AvgIpc) is 3.45. The molecule has 0 radical (unpaired) electrons. The highest BCUT2D eigenvalue weighted by molar-refractivity contribution is 6.30. The molecule has 6 heteroatoms. The zero-order valence-electron chi connectivity index (χ0n) is 28.2. The predicted octanol–water partition coefficient (Wildman–Crippen LogP) is 11.4. The zero-order valence-corrected chi connectivity index (χ0v) is 29.7. The number of hydrazone groups is 1. The molecule has 0 aromatic heterocycles. The Bertz CT molecular complexity index is 1550. The van der Waals surface area contributed by atoms with E-state index in [2.05, 4.69) is 65.8 Å². The van der Waals surface area contributed by atoms with Crippen molar-refractivity contribution in [3.05, 3.63) is 105 Å². The highest BCUT2D eigenvalue weighted by Crippen LogP contribution is 2.45. The van der Waals surface area contributed by atoms with Crippen molar-refractivity contribution in [1.29, 1.82) is 0 Å². The summed E-state index contributed by atoms with van der Waals surface area (Å²) in [5.41, 5.74) is 7.06. The molecular weight excluding hydrogens is 611 g/mol. The first-order chi connectivity index (χ1) is 21.9. The Kier molecular flexibility index (Phi) is 10.7. The number of fused-ring (bicyclic) bond motifs is 1. The number of benzene rings is 3. The molecule has 4 nitrogen and oxygen atoms in total. The van der Waals surface area contributed by atoms with Crippen molar-refractivity contribution in [3.8, 4) is 5.75 Å². The number of ether oxygens (including phenoxy) is 1. The first-order valence-electron chi connectivity index (χ1n) is 16.8. The number of amides is 1. The van der Waals surface area contributed by atoms with Crippen molar-refractivity contribution in [2.45, 2.75) is 103 Å². The van der Waals surface area contributed by atoms with E-state index in [1.165, 1.54) is 16.7 Å². The maximum absolute atomic E-state index is 13.9. The number of hydrogen-bond donors (Lipinski definition) is 0. The van der Waals surface area contributed by atoms with Gasteiger partial charge < -0.3 is 4.74 Å². The van der Waals surface area contributed by atoms with E-state index in [9.17, 15) is 4.79 Å². The molecule has 2 aliphatic rings. The quantitative estimate of drug-likeness (QED) is 0.192. The average molecular weight is 660 g/mol. The van der Waals surface area contributed by atoms with Crippen LogP contribution in [-0.4, -0.2) is 23.2 Å². The lowest BCUT2D eigenvalue weighted by Crippen LogP contribution is -2.32. The molecule has 244 valence electrons. The molecule has 1 aliphatic carbocycles. The van der Waals surface area contributed by atoms with Crippen molar-refractivity contribution in [1.82, 2.24) is 5.01 Å². The van der Waals surface area contributed by atoms with E-state index < -0.39 is 0 Å². The summed E-state index contributed by atoms with van der Waals surface area (Å²) >= 11 is 12.4. The van der Waals surface area contributed by atoms with Crippen LogP contribution in [0.25, 0.3) is 6.08 Å².